The Kier molecular flexibility index (Phi) is 3.35. The minimum Gasteiger partial charge on any atom is -0.383 e. The maximum atomic E-state index is 11.2. The number of nitrogens with zero attached hydrogens (tertiary/aromatic N) is 3. The van der Waals surface area contributed by atoms with Crippen molar-refractivity contribution in [3.8, 4) is 0 Å². The second-order valence-corrected chi connectivity index (χ2v) is 6.09. The fourth-order valence-electron chi connectivity index (χ4n) is 1.95. The molecule has 0 unspecified atom stereocenters. The minimum absolute atomic E-state index is 0.0187. The Balaban J connectivity index is 1.93. The van der Waals surface area contributed by atoms with Gasteiger partial charge in [-0.1, -0.05) is 0 Å². The fourth-order valence-corrected chi connectivity index (χ4v) is 2.47. The number of aromatic amines is 1. The van der Waals surface area contributed by atoms with Crippen LogP contribution in [0, 0.1) is 0 Å². The Hall–Kier alpha value is -2.78. The van der Waals surface area contributed by atoms with Crippen molar-refractivity contribution in [3.63, 3.8) is 0 Å². The fraction of sp³-hybridized carbons (Fsp3) is 0. The molecule has 22 heavy (non-hydrogen) atoms. The summed E-state index contributed by atoms with van der Waals surface area (Å²) in [5.41, 5.74) is 6.92. The first-order valence-electron chi connectivity index (χ1n) is 6.22. The zero-order valence-electron chi connectivity index (χ0n) is 11.3. The highest BCUT2D eigenvalue weighted by Gasteiger charge is 2.08. The summed E-state index contributed by atoms with van der Waals surface area (Å²) in [5, 5.41) is 13.9. The van der Waals surface area contributed by atoms with Crippen molar-refractivity contribution in [2.45, 2.75) is 4.90 Å². The SMILES string of the molecule is Nc1[nH]c(N=Nc2ccc(S(N)(=O)=O)cc2)c2cccnc12. The van der Waals surface area contributed by atoms with E-state index < -0.39 is 10.0 Å². The molecule has 2 aromatic heterocycles. The van der Waals surface area contributed by atoms with Crippen LogP contribution in [0.5, 0.6) is 0 Å². The summed E-state index contributed by atoms with van der Waals surface area (Å²) < 4.78 is 22.3. The molecule has 0 aliphatic rings. The molecule has 0 spiro atoms. The monoisotopic (exact) mass is 316 g/mol. The summed E-state index contributed by atoms with van der Waals surface area (Å²) in [6, 6.07) is 9.36. The van der Waals surface area contributed by atoms with E-state index in [0.717, 1.165) is 5.39 Å². The van der Waals surface area contributed by atoms with E-state index in [9.17, 15) is 8.42 Å². The molecular formula is C13H12N6O2S. The normalized spacial score (nSPS) is 12.2. The zero-order valence-corrected chi connectivity index (χ0v) is 12.1. The van der Waals surface area contributed by atoms with E-state index in [4.69, 9.17) is 10.9 Å². The van der Waals surface area contributed by atoms with E-state index in [1.807, 2.05) is 6.07 Å². The molecule has 0 saturated heterocycles. The van der Waals surface area contributed by atoms with Gasteiger partial charge in [-0.05, 0) is 36.4 Å². The highest BCUT2D eigenvalue weighted by atomic mass is 32.2. The molecule has 0 aliphatic heterocycles. The molecule has 2 heterocycles. The predicted molar refractivity (Wildman–Crippen MR) is 82.5 cm³/mol. The van der Waals surface area contributed by atoms with Crippen LogP contribution in [0.2, 0.25) is 0 Å². The van der Waals surface area contributed by atoms with Gasteiger partial charge in [0.05, 0.1) is 10.6 Å². The van der Waals surface area contributed by atoms with Crippen LogP contribution in [0.3, 0.4) is 0 Å². The van der Waals surface area contributed by atoms with Gasteiger partial charge in [-0.3, -0.25) is 4.98 Å². The lowest BCUT2D eigenvalue weighted by molar-refractivity contribution is 0.598. The van der Waals surface area contributed by atoms with Gasteiger partial charge < -0.3 is 10.7 Å². The number of aromatic nitrogens is 2. The quantitative estimate of drug-likeness (QED) is 0.637. The third kappa shape index (κ3) is 2.67. The van der Waals surface area contributed by atoms with Crippen LogP contribution >= 0.6 is 0 Å². The van der Waals surface area contributed by atoms with E-state index in [1.54, 1.807) is 12.3 Å². The number of fused-ring (bicyclic) bond motifs is 1. The molecule has 3 aromatic rings. The Labute approximate surface area is 125 Å². The molecule has 3 rings (SSSR count). The van der Waals surface area contributed by atoms with Crippen molar-refractivity contribution in [1.29, 1.82) is 0 Å². The average Bonchev–Trinajstić information content (AvgIpc) is 2.82. The number of H-pyrrole nitrogens is 1. The van der Waals surface area contributed by atoms with E-state index in [0.29, 0.717) is 22.8 Å². The largest absolute Gasteiger partial charge is 0.383 e. The number of primary sulfonamides is 1. The number of anilines is 1. The van der Waals surface area contributed by atoms with E-state index in [-0.39, 0.29) is 4.90 Å². The van der Waals surface area contributed by atoms with E-state index in [2.05, 4.69) is 20.2 Å². The maximum absolute atomic E-state index is 11.2. The van der Waals surface area contributed by atoms with Gasteiger partial charge in [0, 0.05) is 11.6 Å². The van der Waals surface area contributed by atoms with Crippen molar-refractivity contribution in [2.24, 2.45) is 15.4 Å². The van der Waals surface area contributed by atoms with E-state index in [1.165, 1.54) is 24.3 Å². The van der Waals surface area contributed by atoms with Gasteiger partial charge >= 0.3 is 0 Å². The van der Waals surface area contributed by atoms with Gasteiger partial charge in [-0.15, -0.1) is 10.2 Å². The molecule has 112 valence electrons. The number of sulfonamides is 1. The Morgan fingerprint density at radius 2 is 1.82 bits per heavy atom. The van der Waals surface area contributed by atoms with Gasteiger partial charge in [0.2, 0.25) is 10.0 Å². The average molecular weight is 316 g/mol. The van der Waals surface area contributed by atoms with Crippen LogP contribution in [0.4, 0.5) is 17.3 Å². The maximum Gasteiger partial charge on any atom is 0.238 e. The van der Waals surface area contributed by atoms with Crippen LogP contribution in [0.15, 0.2) is 57.7 Å². The van der Waals surface area contributed by atoms with Gasteiger partial charge in [-0.2, -0.15) is 0 Å². The lowest BCUT2D eigenvalue weighted by Gasteiger charge is -1.97. The smallest absolute Gasteiger partial charge is 0.238 e. The molecule has 0 radical (unpaired) electrons. The summed E-state index contributed by atoms with van der Waals surface area (Å²) >= 11 is 0. The summed E-state index contributed by atoms with van der Waals surface area (Å²) in [4.78, 5) is 7.07. The topological polar surface area (TPSA) is 140 Å². The van der Waals surface area contributed by atoms with E-state index >= 15 is 0 Å². The first-order valence-corrected chi connectivity index (χ1v) is 7.76. The third-order valence-corrected chi connectivity index (χ3v) is 3.93. The predicted octanol–water partition coefficient (Wildman–Crippen LogP) is 2.21. The number of pyridine rings is 1. The summed E-state index contributed by atoms with van der Waals surface area (Å²) in [6.07, 6.45) is 1.64. The standard InChI is InChI=1S/C13H12N6O2S/c14-12-11-10(2-1-7-16-11)13(17-12)19-18-8-3-5-9(6-4-8)22(15,20)21/h1-7,17H,14H2,(H2,15,20,21). The molecule has 0 amide bonds. The highest BCUT2D eigenvalue weighted by molar-refractivity contribution is 7.89. The second-order valence-electron chi connectivity index (χ2n) is 4.53. The minimum atomic E-state index is -3.72. The molecule has 1 aromatic carbocycles. The third-order valence-electron chi connectivity index (χ3n) is 3.00. The molecule has 9 heteroatoms. The van der Waals surface area contributed by atoms with Crippen molar-refractivity contribution in [2.75, 3.05) is 5.73 Å². The lowest BCUT2D eigenvalue weighted by Crippen LogP contribution is -2.11. The number of nitrogen functional groups attached to an aromatic ring is 1. The number of nitrogens with one attached hydrogen (secondary N) is 1. The van der Waals surface area contributed by atoms with Crippen LogP contribution in [0.25, 0.3) is 10.9 Å². The Bertz CT molecular complexity index is 960. The molecule has 0 aliphatic carbocycles. The second kappa shape index (κ2) is 5.20. The van der Waals surface area contributed by atoms with Gasteiger partial charge in [0.15, 0.2) is 5.82 Å². The van der Waals surface area contributed by atoms with Crippen LogP contribution in [-0.2, 0) is 10.0 Å². The number of azo groups is 1. The lowest BCUT2D eigenvalue weighted by atomic mass is 10.3. The molecule has 0 atom stereocenters. The van der Waals surface area contributed by atoms with Crippen molar-refractivity contribution in [3.05, 3.63) is 42.6 Å². The Morgan fingerprint density at radius 3 is 2.50 bits per heavy atom. The van der Waals surface area contributed by atoms with Gasteiger partial charge in [0.25, 0.3) is 0 Å². The molecular weight excluding hydrogens is 304 g/mol. The summed E-state index contributed by atoms with van der Waals surface area (Å²) in [5.74, 6) is 0.894. The number of rotatable bonds is 3. The number of nitrogens with two attached hydrogens (primary N) is 2. The van der Waals surface area contributed by atoms with Crippen molar-refractivity contribution in [1.82, 2.24) is 9.97 Å². The van der Waals surface area contributed by atoms with Crippen molar-refractivity contribution >= 4 is 38.2 Å². The highest BCUT2D eigenvalue weighted by Crippen LogP contribution is 2.29. The van der Waals surface area contributed by atoms with Crippen LogP contribution < -0.4 is 10.9 Å². The van der Waals surface area contributed by atoms with Crippen LogP contribution in [0.1, 0.15) is 0 Å². The van der Waals surface area contributed by atoms with Crippen molar-refractivity contribution < 1.29 is 8.42 Å². The Morgan fingerprint density at radius 1 is 1.09 bits per heavy atom. The number of benzene rings is 1. The van der Waals surface area contributed by atoms with Gasteiger partial charge in [-0.25, -0.2) is 13.6 Å². The molecule has 8 nitrogen and oxygen atoms in total. The first kappa shape index (κ1) is 14.2. The molecule has 0 bridgehead atoms. The zero-order chi connectivity index (χ0) is 15.7. The molecule has 0 saturated carbocycles. The summed E-state index contributed by atoms with van der Waals surface area (Å²) in [7, 11) is -3.72. The number of hydrogen-bond acceptors (Lipinski definition) is 6. The molecule has 0 fully saturated rings. The van der Waals surface area contributed by atoms with Gasteiger partial charge in [0.1, 0.15) is 11.3 Å². The molecule has 5 N–H and O–H groups in total. The summed E-state index contributed by atoms with van der Waals surface area (Å²) in [6.45, 7) is 0. The first-order chi connectivity index (χ1) is 10.4. The van der Waals surface area contributed by atoms with Crippen LogP contribution in [-0.4, -0.2) is 18.4 Å². The number of hydrogen-bond donors (Lipinski definition) is 3.